The fourth-order valence-corrected chi connectivity index (χ4v) is 1.33. The number of likely N-dealkylation sites (tertiary alicyclic amines) is 1. The lowest BCUT2D eigenvalue weighted by Gasteiger charge is -2.15. The first-order chi connectivity index (χ1) is 4.79. The monoisotopic (exact) mass is 141 g/mol. The van der Waals surface area contributed by atoms with Crippen LogP contribution in [0.1, 0.15) is 13.3 Å². The Bertz CT molecular complexity index is 147. The predicted molar refractivity (Wildman–Crippen MR) is 36.4 cm³/mol. The van der Waals surface area contributed by atoms with E-state index in [-0.39, 0.29) is 6.04 Å². The summed E-state index contributed by atoms with van der Waals surface area (Å²) < 4.78 is 0. The summed E-state index contributed by atoms with van der Waals surface area (Å²) in [4.78, 5) is 22.2. The predicted octanol–water partition coefficient (Wildman–Crippen LogP) is 0.0521. The Balaban J connectivity index is 2.61. The highest BCUT2D eigenvalue weighted by Crippen LogP contribution is 2.19. The molecule has 0 bridgehead atoms. The lowest BCUT2D eigenvalue weighted by Crippen LogP contribution is -2.31. The maximum atomic E-state index is 10.4. The van der Waals surface area contributed by atoms with E-state index in [0.29, 0.717) is 5.92 Å². The van der Waals surface area contributed by atoms with E-state index in [4.69, 9.17) is 0 Å². The largest absolute Gasteiger partial charge is 0.335 e. The van der Waals surface area contributed by atoms with Crippen LogP contribution >= 0.6 is 0 Å². The molecular weight excluding hydrogens is 130 g/mol. The molecule has 1 rings (SSSR count). The maximum absolute atomic E-state index is 10.4. The van der Waals surface area contributed by atoms with Gasteiger partial charge < -0.3 is 9.69 Å². The number of amides is 1. The van der Waals surface area contributed by atoms with Gasteiger partial charge in [0, 0.05) is 6.54 Å². The van der Waals surface area contributed by atoms with E-state index in [0.717, 1.165) is 25.7 Å². The van der Waals surface area contributed by atoms with Crippen LogP contribution in [0.25, 0.3) is 0 Å². The van der Waals surface area contributed by atoms with Crippen LogP contribution in [-0.4, -0.2) is 30.2 Å². The van der Waals surface area contributed by atoms with E-state index >= 15 is 0 Å². The number of aldehydes is 1. The average molecular weight is 141 g/mol. The average Bonchev–Trinajstić information content (AvgIpc) is 2.30. The highest BCUT2D eigenvalue weighted by molar-refractivity contribution is 5.65. The SMILES string of the molecule is C[C@H]1CCN(C=O)[C@@H]1C=O. The van der Waals surface area contributed by atoms with Gasteiger partial charge in [-0.2, -0.15) is 0 Å². The summed E-state index contributed by atoms with van der Waals surface area (Å²) in [5.41, 5.74) is 0. The maximum Gasteiger partial charge on any atom is 0.210 e. The van der Waals surface area contributed by atoms with Gasteiger partial charge >= 0.3 is 0 Å². The van der Waals surface area contributed by atoms with Crippen molar-refractivity contribution in [2.45, 2.75) is 19.4 Å². The van der Waals surface area contributed by atoms with Crippen molar-refractivity contribution in [1.29, 1.82) is 0 Å². The van der Waals surface area contributed by atoms with E-state index in [1.165, 1.54) is 0 Å². The van der Waals surface area contributed by atoms with E-state index < -0.39 is 0 Å². The van der Waals surface area contributed by atoms with Gasteiger partial charge in [0.25, 0.3) is 0 Å². The number of hydrogen-bond donors (Lipinski definition) is 0. The van der Waals surface area contributed by atoms with Gasteiger partial charge in [0.1, 0.15) is 6.29 Å². The lowest BCUT2D eigenvalue weighted by molar-refractivity contribution is -0.124. The molecule has 0 radical (unpaired) electrons. The normalized spacial score (nSPS) is 32.3. The van der Waals surface area contributed by atoms with Crippen molar-refractivity contribution < 1.29 is 9.59 Å². The summed E-state index contributed by atoms with van der Waals surface area (Å²) in [6, 6.07) is -0.169. The molecule has 3 heteroatoms. The van der Waals surface area contributed by atoms with Gasteiger partial charge in [-0.25, -0.2) is 0 Å². The van der Waals surface area contributed by atoms with Gasteiger partial charge in [-0.15, -0.1) is 0 Å². The number of carbonyl (C=O) groups excluding carboxylic acids is 2. The fourth-order valence-electron chi connectivity index (χ4n) is 1.33. The van der Waals surface area contributed by atoms with Crippen LogP contribution in [0.15, 0.2) is 0 Å². The van der Waals surface area contributed by atoms with Gasteiger partial charge in [-0.3, -0.25) is 4.79 Å². The third-order valence-electron chi connectivity index (χ3n) is 2.08. The summed E-state index contributed by atoms with van der Waals surface area (Å²) in [5.74, 6) is 0.336. The topological polar surface area (TPSA) is 37.4 Å². The molecule has 0 aromatic rings. The number of carbonyl (C=O) groups is 2. The molecule has 1 aliphatic heterocycles. The van der Waals surface area contributed by atoms with Gasteiger partial charge in [0.15, 0.2) is 0 Å². The molecule has 0 saturated carbocycles. The Labute approximate surface area is 60.0 Å². The molecule has 0 aliphatic carbocycles. The van der Waals surface area contributed by atoms with Gasteiger partial charge in [-0.05, 0) is 12.3 Å². The summed E-state index contributed by atoms with van der Waals surface area (Å²) in [6.07, 6.45) is 2.55. The van der Waals surface area contributed by atoms with Crippen molar-refractivity contribution in [3.8, 4) is 0 Å². The summed E-state index contributed by atoms with van der Waals surface area (Å²) in [5, 5.41) is 0. The second-order valence-electron chi connectivity index (χ2n) is 2.74. The molecule has 1 saturated heterocycles. The molecule has 0 aromatic carbocycles. The Kier molecular flexibility index (Phi) is 2.04. The van der Waals surface area contributed by atoms with Crippen molar-refractivity contribution in [2.75, 3.05) is 6.54 Å². The van der Waals surface area contributed by atoms with Gasteiger partial charge in [0.05, 0.1) is 6.04 Å². The molecule has 1 heterocycles. The van der Waals surface area contributed by atoms with Crippen molar-refractivity contribution in [1.82, 2.24) is 4.90 Å². The summed E-state index contributed by atoms with van der Waals surface area (Å²) in [7, 11) is 0. The number of nitrogens with zero attached hydrogens (tertiary/aromatic N) is 1. The zero-order valence-electron chi connectivity index (χ0n) is 5.99. The number of hydrogen-bond acceptors (Lipinski definition) is 2. The zero-order chi connectivity index (χ0) is 7.56. The molecule has 1 aliphatic rings. The minimum absolute atomic E-state index is 0.169. The standard InChI is InChI=1S/C7H11NO2/c1-6-2-3-8(5-10)7(6)4-9/h4-7H,2-3H2,1H3/t6-,7+/m0/s1. The third kappa shape index (κ3) is 1.03. The number of rotatable bonds is 2. The second kappa shape index (κ2) is 2.82. The van der Waals surface area contributed by atoms with Crippen LogP contribution in [0.5, 0.6) is 0 Å². The van der Waals surface area contributed by atoms with Crippen LogP contribution in [0.4, 0.5) is 0 Å². The quantitative estimate of drug-likeness (QED) is 0.510. The molecule has 0 spiro atoms. The van der Waals surface area contributed by atoms with E-state index in [1.807, 2.05) is 6.92 Å². The molecule has 0 aromatic heterocycles. The molecule has 1 fully saturated rings. The molecule has 10 heavy (non-hydrogen) atoms. The zero-order valence-corrected chi connectivity index (χ0v) is 5.99. The lowest BCUT2D eigenvalue weighted by atomic mass is 10.1. The molecule has 3 nitrogen and oxygen atoms in total. The Morgan fingerprint density at radius 2 is 2.20 bits per heavy atom. The smallest absolute Gasteiger partial charge is 0.210 e. The third-order valence-corrected chi connectivity index (χ3v) is 2.08. The first kappa shape index (κ1) is 7.25. The Hall–Kier alpha value is -0.860. The molecular formula is C7H11NO2. The van der Waals surface area contributed by atoms with Crippen molar-refractivity contribution in [2.24, 2.45) is 5.92 Å². The van der Waals surface area contributed by atoms with Crippen LogP contribution in [-0.2, 0) is 9.59 Å². The fraction of sp³-hybridized carbons (Fsp3) is 0.714. The van der Waals surface area contributed by atoms with Crippen molar-refractivity contribution in [3.05, 3.63) is 0 Å². The van der Waals surface area contributed by atoms with E-state index in [2.05, 4.69) is 0 Å². The Morgan fingerprint density at radius 3 is 2.60 bits per heavy atom. The van der Waals surface area contributed by atoms with Gasteiger partial charge in [-0.1, -0.05) is 6.92 Å². The molecule has 2 atom stereocenters. The van der Waals surface area contributed by atoms with Crippen LogP contribution in [0.2, 0.25) is 0 Å². The van der Waals surface area contributed by atoms with E-state index in [1.54, 1.807) is 4.90 Å². The van der Waals surface area contributed by atoms with Crippen molar-refractivity contribution in [3.63, 3.8) is 0 Å². The molecule has 0 unspecified atom stereocenters. The minimum Gasteiger partial charge on any atom is -0.335 e. The molecule has 0 N–H and O–H groups in total. The highest BCUT2D eigenvalue weighted by atomic mass is 16.1. The highest BCUT2D eigenvalue weighted by Gasteiger charge is 2.29. The van der Waals surface area contributed by atoms with Crippen molar-refractivity contribution >= 4 is 12.7 Å². The first-order valence-corrected chi connectivity index (χ1v) is 3.46. The summed E-state index contributed by atoms with van der Waals surface area (Å²) >= 11 is 0. The molecule has 1 amide bonds. The van der Waals surface area contributed by atoms with E-state index in [9.17, 15) is 9.59 Å². The minimum atomic E-state index is -0.169. The van der Waals surface area contributed by atoms with Crippen LogP contribution in [0.3, 0.4) is 0 Å². The first-order valence-electron chi connectivity index (χ1n) is 3.46. The Morgan fingerprint density at radius 1 is 1.50 bits per heavy atom. The summed E-state index contributed by atoms with van der Waals surface area (Å²) in [6.45, 7) is 2.72. The van der Waals surface area contributed by atoms with Crippen LogP contribution in [0, 0.1) is 5.92 Å². The van der Waals surface area contributed by atoms with Crippen LogP contribution < -0.4 is 0 Å². The van der Waals surface area contributed by atoms with Gasteiger partial charge in [0.2, 0.25) is 6.41 Å². The second-order valence-corrected chi connectivity index (χ2v) is 2.74. The molecule has 56 valence electrons.